The van der Waals surface area contributed by atoms with Crippen LogP contribution in [0.25, 0.3) is 0 Å². The van der Waals surface area contributed by atoms with E-state index >= 15 is 0 Å². The summed E-state index contributed by atoms with van der Waals surface area (Å²) in [5.41, 5.74) is 1.16. The Morgan fingerprint density at radius 3 is 2.62 bits per heavy atom. The van der Waals surface area contributed by atoms with Crippen LogP contribution in [0, 0.1) is 6.92 Å². The molecule has 1 saturated carbocycles. The monoisotopic (exact) mass is 355 g/mol. The molecule has 0 aromatic carbocycles. The second-order valence-electron chi connectivity index (χ2n) is 6.43. The van der Waals surface area contributed by atoms with Crippen molar-refractivity contribution < 1.29 is 14.3 Å². The maximum atomic E-state index is 12.8. The van der Waals surface area contributed by atoms with Gasteiger partial charge in [-0.1, -0.05) is 0 Å². The van der Waals surface area contributed by atoms with Crippen molar-refractivity contribution in [2.45, 2.75) is 38.3 Å². The highest BCUT2D eigenvalue weighted by atomic mass is 16.5. The molecule has 2 heterocycles. The third kappa shape index (κ3) is 3.82. The molecule has 0 unspecified atom stereocenters. The molecular weight excluding hydrogens is 334 g/mol. The molecule has 1 amide bonds. The molecule has 1 N–H and O–H groups in total. The number of hydrogen-bond acceptors (Lipinski definition) is 5. The van der Waals surface area contributed by atoms with Crippen LogP contribution < -0.4 is 10.9 Å². The fraction of sp³-hybridized carbons (Fsp3) is 0.368. The van der Waals surface area contributed by atoms with Crippen LogP contribution >= 0.6 is 0 Å². The lowest BCUT2D eigenvalue weighted by Gasteiger charge is -2.17. The Bertz CT molecular complexity index is 872. The van der Waals surface area contributed by atoms with Gasteiger partial charge in [0.05, 0.1) is 7.11 Å². The lowest BCUT2D eigenvalue weighted by atomic mass is 10.1. The number of carbonyl (C=O) groups excluding carboxylic acids is 2. The van der Waals surface area contributed by atoms with Crippen LogP contribution in [0.1, 0.15) is 40.4 Å². The first kappa shape index (κ1) is 17.8. The van der Waals surface area contributed by atoms with Crippen LogP contribution in [0.5, 0.6) is 0 Å². The molecule has 0 bridgehead atoms. The van der Waals surface area contributed by atoms with Crippen LogP contribution in [-0.4, -0.2) is 34.6 Å². The Balaban J connectivity index is 1.85. The Labute approximate surface area is 151 Å². The number of aryl methyl sites for hydroxylation is 1. The number of rotatable bonds is 6. The van der Waals surface area contributed by atoms with Crippen molar-refractivity contribution >= 4 is 11.9 Å². The largest absolute Gasteiger partial charge is 0.467 e. The highest BCUT2D eigenvalue weighted by Gasteiger charge is 2.29. The van der Waals surface area contributed by atoms with Gasteiger partial charge < -0.3 is 14.6 Å². The van der Waals surface area contributed by atoms with Crippen LogP contribution in [-0.2, 0) is 16.0 Å². The van der Waals surface area contributed by atoms with Crippen molar-refractivity contribution in [2.75, 3.05) is 7.11 Å². The third-order valence-electron chi connectivity index (χ3n) is 4.48. The lowest BCUT2D eigenvalue weighted by molar-refractivity contribution is -0.142. The van der Waals surface area contributed by atoms with E-state index in [1.807, 2.05) is 0 Å². The van der Waals surface area contributed by atoms with Gasteiger partial charge in [0.15, 0.2) is 0 Å². The van der Waals surface area contributed by atoms with Gasteiger partial charge in [-0.15, -0.1) is 0 Å². The molecular formula is C19H21N3O4. The molecule has 2 aromatic rings. The van der Waals surface area contributed by atoms with E-state index in [0.717, 1.165) is 18.4 Å². The second-order valence-corrected chi connectivity index (χ2v) is 6.43. The van der Waals surface area contributed by atoms with E-state index in [1.54, 1.807) is 48.3 Å². The van der Waals surface area contributed by atoms with E-state index in [1.165, 1.54) is 7.11 Å². The van der Waals surface area contributed by atoms with Crippen LogP contribution in [0.2, 0.25) is 0 Å². The summed E-state index contributed by atoms with van der Waals surface area (Å²) in [6, 6.07) is 4.56. The summed E-state index contributed by atoms with van der Waals surface area (Å²) < 4.78 is 6.40. The molecule has 136 valence electrons. The minimum Gasteiger partial charge on any atom is -0.467 e. The molecule has 1 atom stereocenters. The summed E-state index contributed by atoms with van der Waals surface area (Å²) in [7, 11) is 1.27. The number of ether oxygens (including phenoxy) is 1. The van der Waals surface area contributed by atoms with Crippen molar-refractivity contribution in [3.63, 3.8) is 0 Å². The zero-order valence-corrected chi connectivity index (χ0v) is 14.8. The van der Waals surface area contributed by atoms with Gasteiger partial charge in [-0.05, 0) is 49.1 Å². The average Bonchev–Trinajstić information content (AvgIpc) is 3.46. The van der Waals surface area contributed by atoms with Crippen molar-refractivity contribution in [1.82, 2.24) is 14.9 Å². The molecule has 1 aliphatic carbocycles. The molecule has 26 heavy (non-hydrogen) atoms. The summed E-state index contributed by atoms with van der Waals surface area (Å²) in [5, 5.41) is 2.65. The number of esters is 1. The van der Waals surface area contributed by atoms with Crippen molar-refractivity contribution in [3.8, 4) is 0 Å². The van der Waals surface area contributed by atoms with Gasteiger partial charge in [0.25, 0.3) is 11.5 Å². The predicted octanol–water partition coefficient (Wildman–Crippen LogP) is 1.40. The number of nitrogens with zero attached hydrogens (tertiary/aromatic N) is 2. The molecule has 1 fully saturated rings. The Morgan fingerprint density at radius 2 is 2.00 bits per heavy atom. The minimum atomic E-state index is -0.886. The lowest BCUT2D eigenvalue weighted by Crippen LogP contribution is -2.45. The van der Waals surface area contributed by atoms with E-state index in [0.29, 0.717) is 5.56 Å². The molecule has 0 aliphatic heterocycles. The van der Waals surface area contributed by atoms with Gasteiger partial charge in [0.1, 0.15) is 11.6 Å². The third-order valence-corrected chi connectivity index (χ3v) is 4.48. The molecule has 2 aromatic heterocycles. The smallest absolute Gasteiger partial charge is 0.328 e. The van der Waals surface area contributed by atoms with E-state index in [2.05, 4.69) is 10.3 Å². The summed E-state index contributed by atoms with van der Waals surface area (Å²) in [5.74, 6) is -1.13. The molecule has 0 saturated heterocycles. The van der Waals surface area contributed by atoms with E-state index < -0.39 is 17.9 Å². The Morgan fingerprint density at radius 1 is 1.31 bits per heavy atom. The second kappa shape index (κ2) is 7.51. The molecule has 7 heteroatoms. The number of aromatic nitrogens is 2. The SMILES string of the molecule is COC(=O)[C@@H](Cc1ccncc1)NC(=O)c1c(C)ccn(C2CC2)c1=O. The quantitative estimate of drug-likeness (QED) is 0.791. The van der Waals surface area contributed by atoms with Gasteiger partial charge >= 0.3 is 5.97 Å². The average molecular weight is 355 g/mol. The standard InChI is InChI=1S/C19H21N3O4/c1-12-7-10-22(14-3-4-14)18(24)16(12)17(23)21-15(19(25)26-2)11-13-5-8-20-9-6-13/h5-10,14-15H,3-4,11H2,1-2H3,(H,21,23)/t15-/m1/s1. The zero-order valence-electron chi connectivity index (χ0n) is 14.8. The van der Waals surface area contributed by atoms with Crippen LogP contribution in [0.4, 0.5) is 0 Å². The topological polar surface area (TPSA) is 90.3 Å². The summed E-state index contributed by atoms with van der Waals surface area (Å²) >= 11 is 0. The zero-order chi connectivity index (χ0) is 18.7. The Kier molecular flexibility index (Phi) is 5.16. The first-order valence-electron chi connectivity index (χ1n) is 8.50. The number of pyridine rings is 2. The highest BCUT2D eigenvalue weighted by molar-refractivity contribution is 5.97. The molecule has 7 nitrogen and oxygen atoms in total. The summed E-state index contributed by atoms with van der Waals surface area (Å²) in [6.07, 6.45) is 7.08. The number of carbonyl (C=O) groups is 2. The van der Waals surface area contributed by atoms with Crippen LogP contribution in [0.3, 0.4) is 0 Å². The minimum absolute atomic E-state index is 0.0723. The van der Waals surface area contributed by atoms with E-state index in [-0.39, 0.29) is 23.6 Å². The van der Waals surface area contributed by atoms with Crippen molar-refractivity contribution in [1.29, 1.82) is 0 Å². The van der Waals surface area contributed by atoms with Crippen LogP contribution in [0.15, 0.2) is 41.6 Å². The molecule has 1 aliphatic rings. The maximum Gasteiger partial charge on any atom is 0.328 e. The maximum absolute atomic E-state index is 12.8. The van der Waals surface area contributed by atoms with Crippen molar-refractivity contribution in [3.05, 3.63) is 63.8 Å². The number of nitrogens with one attached hydrogen (secondary N) is 1. The van der Waals surface area contributed by atoms with Gasteiger partial charge in [-0.2, -0.15) is 0 Å². The van der Waals surface area contributed by atoms with Gasteiger partial charge in [-0.25, -0.2) is 4.79 Å². The first-order chi connectivity index (χ1) is 12.5. The molecule has 0 radical (unpaired) electrons. The van der Waals surface area contributed by atoms with Gasteiger partial charge in [0.2, 0.25) is 0 Å². The highest BCUT2D eigenvalue weighted by Crippen LogP contribution is 2.33. The fourth-order valence-corrected chi connectivity index (χ4v) is 2.88. The first-order valence-corrected chi connectivity index (χ1v) is 8.50. The predicted molar refractivity (Wildman–Crippen MR) is 94.9 cm³/mol. The summed E-state index contributed by atoms with van der Waals surface area (Å²) in [4.78, 5) is 41.5. The van der Waals surface area contributed by atoms with Crippen molar-refractivity contribution in [2.24, 2.45) is 0 Å². The van der Waals surface area contributed by atoms with Gasteiger partial charge in [0, 0.05) is 31.1 Å². The fourth-order valence-electron chi connectivity index (χ4n) is 2.88. The number of hydrogen-bond donors (Lipinski definition) is 1. The number of methoxy groups -OCH3 is 1. The van der Waals surface area contributed by atoms with E-state index in [9.17, 15) is 14.4 Å². The molecule has 3 rings (SSSR count). The molecule has 0 spiro atoms. The van der Waals surface area contributed by atoms with E-state index in [4.69, 9.17) is 4.74 Å². The normalized spacial score (nSPS) is 14.5. The van der Waals surface area contributed by atoms with Gasteiger partial charge in [-0.3, -0.25) is 14.6 Å². The summed E-state index contributed by atoms with van der Waals surface area (Å²) in [6.45, 7) is 1.71. The Hall–Kier alpha value is -2.96. The number of amides is 1.